The van der Waals surface area contributed by atoms with E-state index in [1.807, 2.05) is 4.90 Å². The standard InChI is InChI=1S/C16H25N5O3/c1-24-16(5-3-6-16)11-19-15(23)20-12-4-2-9-21(10-12)13-14(22)18-8-7-17-13/h7-8,12H,2-6,9-11H2,1H3,(H,18,22)(H2,19,20,23)/t12-/m0/s1. The first-order chi connectivity index (χ1) is 11.6. The molecule has 24 heavy (non-hydrogen) atoms. The van der Waals surface area contributed by atoms with Crippen molar-refractivity contribution in [1.82, 2.24) is 20.6 Å². The molecule has 0 spiro atoms. The molecular weight excluding hydrogens is 310 g/mol. The number of H-pyrrole nitrogens is 1. The lowest BCUT2D eigenvalue weighted by atomic mass is 9.80. The molecule has 1 saturated carbocycles. The molecule has 0 radical (unpaired) electrons. The van der Waals surface area contributed by atoms with Crippen molar-refractivity contribution in [3.63, 3.8) is 0 Å². The average Bonchev–Trinajstić information content (AvgIpc) is 2.55. The smallest absolute Gasteiger partial charge is 0.315 e. The van der Waals surface area contributed by atoms with E-state index < -0.39 is 0 Å². The zero-order valence-electron chi connectivity index (χ0n) is 14.0. The number of nitrogens with zero attached hydrogens (tertiary/aromatic N) is 2. The fourth-order valence-electron chi connectivity index (χ4n) is 3.36. The van der Waals surface area contributed by atoms with Gasteiger partial charge in [-0.3, -0.25) is 4.79 Å². The van der Waals surface area contributed by atoms with Crippen LogP contribution in [0.25, 0.3) is 0 Å². The summed E-state index contributed by atoms with van der Waals surface area (Å²) >= 11 is 0. The van der Waals surface area contributed by atoms with Crippen LogP contribution in [0.3, 0.4) is 0 Å². The largest absolute Gasteiger partial charge is 0.376 e. The summed E-state index contributed by atoms with van der Waals surface area (Å²) in [7, 11) is 1.70. The van der Waals surface area contributed by atoms with Gasteiger partial charge in [-0.2, -0.15) is 0 Å². The third-order valence-electron chi connectivity index (χ3n) is 5.01. The molecule has 8 nitrogen and oxygen atoms in total. The van der Waals surface area contributed by atoms with Gasteiger partial charge in [0.05, 0.1) is 5.60 Å². The number of anilines is 1. The third-order valence-corrected chi connectivity index (χ3v) is 5.01. The van der Waals surface area contributed by atoms with Gasteiger partial charge < -0.3 is 25.3 Å². The van der Waals surface area contributed by atoms with Crippen LogP contribution in [-0.2, 0) is 4.74 Å². The molecule has 1 aromatic heterocycles. The van der Waals surface area contributed by atoms with Gasteiger partial charge in [0.2, 0.25) is 0 Å². The highest BCUT2D eigenvalue weighted by atomic mass is 16.5. The molecule has 1 atom stereocenters. The number of urea groups is 1. The van der Waals surface area contributed by atoms with Crippen molar-refractivity contribution in [3.8, 4) is 0 Å². The molecule has 1 aliphatic heterocycles. The number of carbonyl (C=O) groups excluding carboxylic acids is 1. The lowest BCUT2D eigenvalue weighted by molar-refractivity contribution is -0.0674. The lowest BCUT2D eigenvalue weighted by Crippen LogP contribution is -2.55. The monoisotopic (exact) mass is 335 g/mol. The van der Waals surface area contributed by atoms with Crippen LogP contribution in [0.1, 0.15) is 32.1 Å². The Bertz CT molecular complexity index is 623. The van der Waals surface area contributed by atoms with Crippen LogP contribution in [0.15, 0.2) is 17.2 Å². The van der Waals surface area contributed by atoms with Crippen LogP contribution in [0.5, 0.6) is 0 Å². The number of hydrogen-bond acceptors (Lipinski definition) is 5. The van der Waals surface area contributed by atoms with E-state index in [1.54, 1.807) is 13.3 Å². The molecule has 132 valence electrons. The van der Waals surface area contributed by atoms with Gasteiger partial charge in [-0.1, -0.05) is 0 Å². The van der Waals surface area contributed by atoms with E-state index in [0.29, 0.717) is 18.9 Å². The van der Waals surface area contributed by atoms with Crippen molar-refractivity contribution in [2.45, 2.75) is 43.7 Å². The Balaban J connectivity index is 1.51. The Morgan fingerprint density at radius 2 is 2.33 bits per heavy atom. The number of nitrogens with one attached hydrogen (secondary N) is 3. The Kier molecular flexibility index (Phi) is 5.03. The van der Waals surface area contributed by atoms with Gasteiger partial charge in [-0.25, -0.2) is 9.78 Å². The van der Waals surface area contributed by atoms with E-state index in [-0.39, 0.29) is 23.2 Å². The fraction of sp³-hybridized carbons (Fsp3) is 0.688. The van der Waals surface area contributed by atoms with E-state index in [1.165, 1.54) is 6.20 Å². The number of aromatic amines is 1. The summed E-state index contributed by atoms with van der Waals surface area (Å²) in [5, 5.41) is 5.91. The normalized spacial score (nSPS) is 22.5. The molecular formula is C16H25N5O3. The summed E-state index contributed by atoms with van der Waals surface area (Å²) in [4.78, 5) is 32.7. The SMILES string of the molecule is COC1(CNC(=O)N[C@H]2CCCN(c3ncc[nH]c3=O)C2)CCC1. The van der Waals surface area contributed by atoms with Gasteiger partial charge in [0.15, 0.2) is 5.82 Å². The van der Waals surface area contributed by atoms with E-state index in [2.05, 4.69) is 20.6 Å². The number of rotatable bonds is 5. The highest BCUT2D eigenvalue weighted by molar-refractivity contribution is 5.74. The van der Waals surface area contributed by atoms with Crippen LogP contribution < -0.4 is 21.1 Å². The maximum absolute atomic E-state index is 12.1. The molecule has 1 aromatic rings. The highest BCUT2D eigenvalue weighted by Gasteiger charge is 2.37. The number of methoxy groups -OCH3 is 1. The van der Waals surface area contributed by atoms with E-state index >= 15 is 0 Å². The molecule has 1 aliphatic carbocycles. The molecule has 2 aliphatic rings. The third kappa shape index (κ3) is 3.69. The topological polar surface area (TPSA) is 99.3 Å². The number of carbonyl (C=O) groups is 1. The van der Waals surface area contributed by atoms with E-state index in [4.69, 9.17) is 4.74 Å². The molecule has 2 amide bonds. The minimum atomic E-state index is -0.199. The van der Waals surface area contributed by atoms with Crippen LogP contribution in [0.4, 0.5) is 10.6 Å². The van der Waals surface area contributed by atoms with Crippen molar-refractivity contribution >= 4 is 11.8 Å². The first-order valence-electron chi connectivity index (χ1n) is 8.50. The maximum atomic E-state index is 12.1. The van der Waals surface area contributed by atoms with Crippen LogP contribution >= 0.6 is 0 Å². The minimum absolute atomic E-state index is 0.0000385. The molecule has 2 heterocycles. The van der Waals surface area contributed by atoms with Crippen LogP contribution in [-0.4, -0.2) is 54.4 Å². The van der Waals surface area contributed by atoms with Crippen molar-refractivity contribution in [2.75, 3.05) is 31.6 Å². The molecule has 0 unspecified atom stereocenters. The van der Waals surface area contributed by atoms with Crippen LogP contribution in [0.2, 0.25) is 0 Å². The zero-order valence-corrected chi connectivity index (χ0v) is 14.0. The second-order valence-electron chi connectivity index (χ2n) is 6.59. The molecule has 1 saturated heterocycles. The van der Waals surface area contributed by atoms with E-state index in [0.717, 1.165) is 38.6 Å². The van der Waals surface area contributed by atoms with Crippen LogP contribution in [0, 0.1) is 0 Å². The van der Waals surface area contributed by atoms with Gasteiger partial charge in [0.25, 0.3) is 5.56 Å². The molecule has 0 bridgehead atoms. The second kappa shape index (κ2) is 7.21. The van der Waals surface area contributed by atoms with Crippen molar-refractivity contribution < 1.29 is 9.53 Å². The van der Waals surface area contributed by atoms with Gasteiger partial charge in [-0.15, -0.1) is 0 Å². The predicted molar refractivity (Wildman–Crippen MR) is 90.2 cm³/mol. The summed E-state index contributed by atoms with van der Waals surface area (Å²) in [5.74, 6) is 0.414. The number of amides is 2. The van der Waals surface area contributed by atoms with Gasteiger partial charge >= 0.3 is 6.03 Å². The average molecular weight is 335 g/mol. The van der Waals surface area contributed by atoms with E-state index in [9.17, 15) is 9.59 Å². The Hall–Kier alpha value is -2.09. The summed E-state index contributed by atoms with van der Waals surface area (Å²) in [6.07, 6.45) is 8.02. The molecule has 2 fully saturated rings. The first-order valence-corrected chi connectivity index (χ1v) is 8.50. The number of aromatic nitrogens is 2. The Labute approximate surface area is 141 Å². The van der Waals surface area contributed by atoms with Gasteiger partial charge in [0, 0.05) is 45.2 Å². The number of ether oxygens (including phenoxy) is 1. The summed E-state index contributed by atoms with van der Waals surface area (Å²) in [6, 6.07) is -0.180. The molecule has 0 aromatic carbocycles. The number of hydrogen-bond donors (Lipinski definition) is 3. The van der Waals surface area contributed by atoms with Crippen molar-refractivity contribution in [2.24, 2.45) is 0 Å². The molecule has 3 rings (SSSR count). The summed E-state index contributed by atoms with van der Waals surface area (Å²) < 4.78 is 5.51. The highest BCUT2D eigenvalue weighted by Crippen LogP contribution is 2.34. The van der Waals surface area contributed by atoms with Gasteiger partial charge in [0.1, 0.15) is 0 Å². The predicted octanol–water partition coefficient (Wildman–Crippen LogP) is 0.607. The lowest BCUT2D eigenvalue weighted by Gasteiger charge is -2.40. The second-order valence-corrected chi connectivity index (χ2v) is 6.59. The fourth-order valence-corrected chi connectivity index (χ4v) is 3.36. The molecule has 3 N–H and O–H groups in total. The summed E-state index contributed by atoms with van der Waals surface area (Å²) in [6.45, 7) is 1.89. The summed E-state index contributed by atoms with van der Waals surface area (Å²) in [5.41, 5.74) is -0.383. The minimum Gasteiger partial charge on any atom is -0.376 e. The van der Waals surface area contributed by atoms with Crippen molar-refractivity contribution in [1.29, 1.82) is 0 Å². The molecule has 8 heteroatoms. The first kappa shape index (κ1) is 16.8. The van der Waals surface area contributed by atoms with Crippen molar-refractivity contribution in [3.05, 3.63) is 22.7 Å². The Morgan fingerprint density at radius 1 is 1.50 bits per heavy atom. The van der Waals surface area contributed by atoms with Gasteiger partial charge in [-0.05, 0) is 32.1 Å². The number of piperidine rings is 1. The maximum Gasteiger partial charge on any atom is 0.315 e. The quantitative estimate of drug-likeness (QED) is 0.732. The zero-order chi connectivity index (χ0) is 17.0. The Morgan fingerprint density at radius 3 is 3.00 bits per heavy atom.